The van der Waals surface area contributed by atoms with Crippen LogP contribution in [0.4, 0.5) is 0 Å². The van der Waals surface area contributed by atoms with Crippen molar-refractivity contribution in [2.24, 2.45) is 0 Å². The number of aliphatic hydroxyl groups is 1. The lowest BCUT2D eigenvalue weighted by atomic mass is 10.1. The average molecular weight is 274 g/mol. The highest BCUT2D eigenvalue weighted by Gasteiger charge is 2.07. The van der Waals surface area contributed by atoms with Gasteiger partial charge in [-0.05, 0) is 37.6 Å². The summed E-state index contributed by atoms with van der Waals surface area (Å²) in [7, 11) is 0. The standard InChI is InChI=1S/C13H20ClNOS/c1-3-6-15-10(2)11-4-5-13(12(14)9-11)17-8-7-16/h4-5,9-10,15-16H,3,6-8H2,1-2H3. The van der Waals surface area contributed by atoms with E-state index in [1.54, 1.807) is 11.8 Å². The molecule has 4 heteroatoms. The summed E-state index contributed by atoms with van der Waals surface area (Å²) < 4.78 is 0. The summed E-state index contributed by atoms with van der Waals surface area (Å²) in [4.78, 5) is 1.03. The Kier molecular flexibility index (Phi) is 6.97. The molecule has 0 spiro atoms. The molecule has 0 aliphatic carbocycles. The summed E-state index contributed by atoms with van der Waals surface area (Å²) in [5, 5.41) is 13.0. The molecule has 1 aromatic carbocycles. The molecule has 0 aromatic heterocycles. The predicted octanol–water partition coefficient (Wildman–Crippen LogP) is 3.49. The zero-order valence-corrected chi connectivity index (χ0v) is 11.9. The predicted molar refractivity (Wildman–Crippen MR) is 76.0 cm³/mol. The number of rotatable bonds is 7. The Balaban J connectivity index is 2.67. The molecule has 1 aromatic rings. The Morgan fingerprint density at radius 3 is 2.82 bits per heavy atom. The normalized spacial score (nSPS) is 12.7. The zero-order chi connectivity index (χ0) is 12.7. The summed E-state index contributed by atoms with van der Waals surface area (Å²) in [5.41, 5.74) is 1.21. The third-order valence-electron chi connectivity index (χ3n) is 2.51. The highest BCUT2D eigenvalue weighted by Crippen LogP contribution is 2.29. The van der Waals surface area contributed by atoms with Crippen LogP contribution in [-0.4, -0.2) is 24.0 Å². The van der Waals surface area contributed by atoms with Crippen molar-refractivity contribution in [3.05, 3.63) is 28.8 Å². The molecule has 1 unspecified atom stereocenters. The van der Waals surface area contributed by atoms with Crippen molar-refractivity contribution < 1.29 is 5.11 Å². The van der Waals surface area contributed by atoms with Gasteiger partial charge in [-0.1, -0.05) is 24.6 Å². The van der Waals surface area contributed by atoms with Crippen molar-refractivity contribution in [3.63, 3.8) is 0 Å². The molecule has 0 amide bonds. The van der Waals surface area contributed by atoms with Crippen LogP contribution in [-0.2, 0) is 0 Å². The number of benzene rings is 1. The van der Waals surface area contributed by atoms with Gasteiger partial charge >= 0.3 is 0 Å². The van der Waals surface area contributed by atoms with Gasteiger partial charge in [0.1, 0.15) is 0 Å². The molecular formula is C13H20ClNOS. The molecular weight excluding hydrogens is 254 g/mol. The molecule has 17 heavy (non-hydrogen) atoms. The lowest BCUT2D eigenvalue weighted by Crippen LogP contribution is -2.19. The molecule has 1 atom stereocenters. The molecule has 96 valence electrons. The Bertz CT molecular complexity index is 346. The lowest BCUT2D eigenvalue weighted by Gasteiger charge is -2.15. The molecule has 0 fully saturated rings. The van der Waals surface area contributed by atoms with E-state index in [2.05, 4.69) is 25.2 Å². The van der Waals surface area contributed by atoms with Crippen molar-refractivity contribution in [1.82, 2.24) is 5.32 Å². The first kappa shape index (κ1) is 14.8. The molecule has 2 N–H and O–H groups in total. The van der Waals surface area contributed by atoms with Gasteiger partial charge in [0, 0.05) is 16.7 Å². The summed E-state index contributed by atoms with van der Waals surface area (Å²) in [5.74, 6) is 0.683. The maximum Gasteiger partial charge on any atom is 0.0545 e. The first-order valence-electron chi connectivity index (χ1n) is 5.95. The molecule has 0 heterocycles. The van der Waals surface area contributed by atoms with Crippen molar-refractivity contribution in [2.45, 2.75) is 31.2 Å². The minimum atomic E-state index is 0.178. The Morgan fingerprint density at radius 2 is 2.24 bits per heavy atom. The minimum Gasteiger partial charge on any atom is -0.396 e. The van der Waals surface area contributed by atoms with Gasteiger partial charge in [-0.2, -0.15) is 0 Å². The van der Waals surface area contributed by atoms with Crippen LogP contribution in [0.25, 0.3) is 0 Å². The van der Waals surface area contributed by atoms with Crippen LogP contribution in [0.2, 0.25) is 5.02 Å². The first-order valence-corrected chi connectivity index (χ1v) is 7.31. The largest absolute Gasteiger partial charge is 0.396 e. The molecule has 0 bridgehead atoms. The smallest absolute Gasteiger partial charge is 0.0545 e. The first-order chi connectivity index (χ1) is 8.19. The van der Waals surface area contributed by atoms with Gasteiger partial charge < -0.3 is 10.4 Å². The third-order valence-corrected chi connectivity index (χ3v) is 3.98. The number of aliphatic hydroxyl groups excluding tert-OH is 1. The monoisotopic (exact) mass is 273 g/mol. The van der Waals surface area contributed by atoms with E-state index in [1.165, 1.54) is 5.56 Å². The van der Waals surface area contributed by atoms with E-state index in [4.69, 9.17) is 16.7 Å². The van der Waals surface area contributed by atoms with Gasteiger partial charge in [-0.25, -0.2) is 0 Å². The van der Waals surface area contributed by atoms with Gasteiger partial charge in [0.15, 0.2) is 0 Å². The van der Waals surface area contributed by atoms with Gasteiger partial charge in [0.2, 0.25) is 0 Å². The maximum atomic E-state index is 8.78. The summed E-state index contributed by atoms with van der Waals surface area (Å²) >= 11 is 7.80. The van der Waals surface area contributed by atoms with Crippen LogP contribution in [0.5, 0.6) is 0 Å². The lowest BCUT2D eigenvalue weighted by molar-refractivity contribution is 0.322. The summed E-state index contributed by atoms with van der Waals surface area (Å²) in [6.45, 7) is 5.49. The maximum absolute atomic E-state index is 8.78. The van der Waals surface area contributed by atoms with Crippen LogP contribution in [0.15, 0.2) is 23.1 Å². The minimum absolute atomic E-state index is 0.178. The van der Waals surface area contributed by atoms with Crippen LogP contribution < -0.4 is 5.32 Å². The fourth-order valence-electron chi connectivity index (χ4n) is 1.54. The quantitative estimate of drug-likeness (QED) is 0.746. The number of hydrogen-bond acceptors (Lipinski definition) is 3. The van der Waals surface area contributed by atoms with Gasteiger partial charge in [-0.15, -0.1) is 11.8 Å². The highest BCUT2D eigenvalue weighted by molar-refractivity contribution is 7.99. The zero-order valence-electron chi connectivity index (χ0n) is 10.4. The molecule has 2 nitrogen and oxygen atoms in total. The van der Waals surface area contributed by atoms with Crippen molar-refractivity contribution in [2.75, 3.05) is 18.9 Å². The Hall–Kier alpha value is -0.220. The van der Waals surface area contributed by atoms with Crippen LogP contribution in [0.3, 0.4) is 0 Å². The fraction of sp³-hybridized carbons (Fsp3) is 0.538. The molecule has 0 aliphatic rings. The van der Waals surface area contributed by atoms with E-state index < -0.39 is 0 Å². The molecule has 0 aliphatic heterocycles. The van der Waals surface area contributed by atoms with Gasteiger partial charge in [-0.3, -0.25) is 0 Å². The second-order valence-corrected chi connectivity index (χ2v) is 5.48. The van der Waals surface area contributed by atoms with Crippen LogP contribution in [0, 0.1) is 0 Å². The average Bonchev–Trinajstić information content (AvgIpc) is 2.34. The Labute approximate surface area is 113 Å². The molecule has 1 rings (SSSR count). The van der Waals surface area contributed by atoms with Gasteiger partial charge in [0.25, 0.3) is 0 Å². The topological polar surface area (TPSA) is 32.3 Å². The van der Waals surface area contributed by atoms with Crippen molar-refractivity contribution in [1.29, 1.82) is 0 Å². The van der Waals surface area contributed by atoms with Crippen LogP contribution in [0.1, 0.15) is 31.9 Å². The van der Waals surface area contributed by atoms with E-state index in [0.717, 1.165) is 22.9 Å². The van der Waals surface area contributed by atoms with E-state index in [0.29, 0.717) is 11.8 Å². The summed E-state index contributed by atoms with van der Waals surface area (Å²) in [6.07, 6.45) is 1.13. The van der Waals surface area contributed by atoms with E-state index in [1.807, 2.05) is 12.1 Å². The third kappa shape index (κ3) is 4.88. The SMILES string of the molecule is CCCNC(C)c1ccc(SCCO)c(Cl)c1. The highest BCUT2D eigenvalue weighted by atomic mass is 35.5. The van der Waals surface area contributed by atoms with Crippen LogP contribution >= 0.6 is 23.4 Å². The molecule has 0 saturated heterocycles. The van der Waals surface area contributed by atoms with Crippen molar-refractivity contribution in [3.8, 4) is 0 Å². The number of halogens is 1. The summed E-state index contributed by atoms with van der Waals surface area (Å²) in [6, 6.07) is 6.46. The van der Waals surface area contributed by atoms with E-state index >= 15 is 0 Å². The molecule has 0 radical (unpaired) electrons. The second-order valence-electron chi connectivity index (χ2n) is 3.94. The number of thioether (sulfide) groups is 1. The van der Waals surface area contributed by atoms with E-state index in [9.17, 15) is 0 Å². The van der Waals surface area contributed by atoms with E-state index in [-0.39, 0.29) is 6.61 Å². The Morgan fingerprint density at radius 1 is 1.47 bits per heavy atom. The number of hydrogen-bond donors (Lipinski definition) is 2. The fourth-order valence-corrected chi connectivity index (χ4v) is 2.56. The molecule has 0 saturated carbocycles. The number of nitrogens with one attached hydrogen (secondary N) is 1. The second kappa shape index (κ2) is 7.98. The van der Waals surface area contributed by atoms with Gasteiger partial charge in [0.05, 0.1) is 11.6 Å². The van der Waals surface area contributed by atoms with Crippen molar-refractivity contribution >= 4 is 23.4 Å².